The monoisotopic (exact) mass is 420 g/mol. The second-order valence-corrected chi connectivity index (χ2v) is 4.23. The van der Waals surface area contributed by atoms with Gasteiger partial charge in [-0.1, -0.05) is 0 Å². The number of aromatic nitrogens is 4. The maximum Gasteiger partial charge on any atom is 0.0919 e. The molecule has 0 saturated heterocycles. The molecule has 27 heavy (non-hydrogen) atoms. The second-order valence-electron chi connectivity index (χ2n) is 4.23. The third-order valence-electron chi connectivity index (χ3n) is 2.41. The standard InChI is InChI=1S/2C4H8N2O2.2C3H4N2.Fe/c2*1-3(5-7)4(2)6-8;2*1-2-5-3-4-1;/h2*7-8H,1-2H3;2*1-3H,(H,4,5);/p-4. The van der Waals surface area contributed by atoms with E-state index in [0.29, 0.717) is 0 Å². The fourth-order valence-corrected chi connectivity index (χ4v) is 0.695. The number of aromatic amines is 2. The van der Waals surface area contributed by atoms with Crippen LogP contribution in [0.2, 0.25) is 0 Å². The van der Waals surface area contributed by atoms with Gasteiger partial charge >= 0.3 is 0 Å². The number of rotatable bonds is 2. The van der Waals surface area contributed by atoms with Crippen LogP contribution in [-0.4, -0.2) is 42.8 Å². The maximum atomic E-state index is 9.60. The molecule has 0 radical (unpaired) electrons. The molecule has 2 aromatic rings. The second kappa shape index (κ2) is 20.9. The molecule has 0 bridgehead atoms. The molecule has 2 N–H and O–H groups in total. The molecule has 12 nitrogen and oxygen atoms in total. The van der Waals surface area contributed by atoms with Crippen LogP contribution < -0.4 is 0 Å². The van der Waals surface area contributed by atoms with E-state index in [-0.39, 0.29) is 39.9 Å². The molecule has 0 aliphatic heterocycles. The molecule has 0 amide bonds. The fraction of sp³-hybridized carbons (Fsp3) is 0.286. The molecule has 0 aliphatic carbocycles. The van der Waals surface area contributed by atoms with Gasteiger partial charge in [0.25, 0.3) is 0 Å². The van der Waals surface area contributed by atoms with Gasteiger partial charge in [0.2, 0.25) is 0 Å². The van der Waals surface area contributed by atoms with Crippen LogP contribution in [0, 0.1) is 20.8 Å². The zero-order chi connectivity index (χ0) is 20.2. The Morgan fingerprint density at radius 3 is 0.963 bits per heavy atom. The summed E-state index contributed by atoms with van der Waals surface area (Å²) >= 11 is 0. The van der Waals surface area contributed by atoms with Crippen LogP contribution >= 0.6 is 0 Å². The predicted octanol–water partition coefficient (Wildman–Crippen LogP) is 2.62. The van der Waals surface area contributed by atoms with E-state index in [4.69, 9.17) is 0 Å². The molecule has 2 aromatic heterocycles. The first-order valence-corrected chi connectivity index (χ1v) is 6.98. The molecule has 2 heterocycles. The van der Waals surface area contributed by atoms with E-state index in [1.165, 1.54) is 27.7 Å². The summed E-state index contributed by atoms with van der Waals surface area (Å²) in [6.07, 6.45) is 10.2. The van der Waals surface area contributed by atoms with E-state index in [9.17, 15) is 20.8 Å². The van der Waals surface area contributed by atoms with Crippen molar-refractivity contribution in [1.29, 1.82) is 0 Å². The van der Waals surface area contributed by atoms with E-state index < -0.39 is 0 Å². The van der Waals surface area contributed by atoms with Crippen LogP contribution in [0.1, 0.15) is 27.7 Å². The van der Waals surface area contributed by atoms with Crippen LogP contribution in [-0.2, 0) is 17.1 Å². The Bertz CT molecular complexity index is 530. The minimum absolute atomic E-state index is 0. The SMILES string of the molecule is CC(=N[O-])C(C)=N[O-].CC(=N[O-])C(C)=N[O-].[Fe].c1c[nH]cn1.c1c[nH]cn1. The molecule has 0 saturated carbocycles. The molecule has 0 aromatic carbocycles. The summed E-state index contributed by atoms with van der Waals surface area (Å²) in [6, 6.07) is 0. The van der Waals surface area contributed by atoms with E-state index in [1.807, 2.05) is 0 Å². The predicted molar refractivity (Wildman–Crippen MR) is 103 cm³/mol. The number of imidazole rings is 2. The number of hydrogen-bond acceptors (Lipinski definition) is 10. The molecule has 0 unspecified atom stereocenters. The van der Waals surface area contributed by atoms with Gasteiger partial charge in [-0.15, -0.1) is 0 Å². The Hall–Kier alpha value is -3.18. The zero-order valence-electron chi connectivity index (χ0n) is 15.1. The van der Waals surface area contributed by atoms with Gasteiger partial charge in [-0.3, -0.25) is 0 Å². The minimum atomic E-state index is 0. The van der Waals surface area contributed by atoms with Gasteiger partial charge in [-0.2, -0.15) is 0 Å². The summed E-state index contributed by atoms with van der Waals surface area (Å²) in [4.78, 5) is 12.8. The Labute approximate surface area is 166 Å². The summed E-state index contributed by atoms with van der Waals surface area (Å²) in [5.41, 5.74) is 0.556. The van der Waals surface area contributed by atoms with Crippen molar-refractivity contribution >= 4 is 22.8 Å². The zero-order valence-corrected chi connectivity index (χ0v) is 16.2. The number of H-pyrrole nitrogens is 2. The van der Waals surface area contributed by atoms with Gasteiger partial charge in [0.15, 0.2) is 0 Å². The third kappa shape index (κ3) is 19.0. The van der Waals surface area contributed by atoms with Crippen LogP contribution in [0.15, 0.2) is 58.1 Å². The van der Waals surface area contributed by atoms with Crippen molar-refractivity contribution < 1.29 is 17.1 Å². The molecular weight excluding hydrogens is 400 g/mol. The van der Waals surface area contributed by atoms with Crippen LogP contribution in [0.3, 0.4) is 0 Å². The Morgan fingerprint density at radius 2 is 0.889 bits per heavy atom. The molecule has 0 aliphatic rings. The van der Waals surface area contributed by atoms with Crippen LogP contribution in [0.5, 0.6) is 0 Å². The fourth-order valence-electron chi connectivity index (χ4n) is 0.695. The quantitative estimate of drug-likeness (QED) is 0.425. The largest absolute Gasteiger partial charge is 0.792 e. The molecule has 0 spiro atoms. The van der Waals surface area contributed by atoms with Gasteiger partial charge < -0.3 is 51.4 Å². The smallest absolute Gasteiger partial charge is 0.0919 e. The summed E-state index contributed by atoms with van der Waals surface area (Å²) in [5, 5.41) is 48.4. The number of hydrogen-bond donors (Lipinski definition) is 2. The van der Waals surface area contributed by atoms with E-state index in [1.54, 1.807) is 37.4 Å². The topological polar surface area (TPSA) is 199 Å². The van der Waals surface area contributed by atoms with Gasteiger partial charge in [0.05, 0.1) is 12.7 Å². The van der Waals surface area contributed by atoms with Crippen LogP contribution in [0.25, 0.3) is 0 Å². The van der Waals surface area contributed by atoms with Crippen LogP contribution in [0.4, 0.5) is 0 Å². The van der Waals surface area contributed by atoms with Crippen molar-refractivity contribution in [2.75, 3.05) is 0 Å². The van der Waals surface area contributed by atoms with Crippen molar-refractivity contribution in [2.24, 2.45) is 20.6 Å². The van der Waals surface area contributed by atoms with Crippen molar-refractivity contribution in [3.63, 3.8) is 0 Å². The maximum absolute atomic E-state index is 9.60. The molecule has 13 heteroatoms. The first-order valence-electron chi connectivity index (χ1n) is 6.98. The number of nitrogens with zero attached hydrogens (tertiary/aromatic N) is 6. The molecule has 2 rings (SSSR count). The summed E-state index contributed by atoms with van der Waals surface area (Å²) < 4.78 is 0. The average Bonchev–Trinajstić information content (AvgIpc) is 3.44. The molecule has 152 valence electrons. The first-order chi connectivity index (χ1) is 12.4. The third-order valence-corrected chi connectivity index (χ3v) is 2.41. The van der Waals surface area contributed by atoms with E-state index >= 15 is 0 Å². The average molecular weight is 420 g/mol. The summed E-state index contributed by atoms with van der Waals surface area (Å²) in [6.45, 7) is 5.74. The Kier molecular flexibility index (Phi) is 22.1. The van der Waals surface area contributed by atoms with E-state index in [0.717, 1.165) is 0 Å². The van der Waals surface area contributed by atoms with Gasteiger partial charge in [0.1, 0.15) is 0 Å². The molecule has 0 fully saturated rings. The Morgan fingerprint density at radius 1 is 0.630 bits per heavy atom. The number of nitrogens with one attached hydrogen (secondary N) is 2. The van der Waals surface area contributed by atoms with Crippen molar-refractivity contribution in [3.05, 3.63) is 58.3 Å². The molecule has 0 atom stereocenters. The van der Waals surface area contributed by atoms with Gasteiger partial charge in [-0.05, 0) is 27.7 Å². The first kappa shape index (κ1) is 28.6. The minimum Gasteiger partial charge on any atom is -0.792 e. The normalized spacial score (nSPS) is 11.4. The van der Waals surface area contributed by atoms with Crippen molar-refractivity contribution in [3.8, 4) is 0 Å². The van der Waals surface area contributed by atoms with Gasteiger partial charge in [-0.25, -0.2) is 9.97 Å². The Balaban J connectivity index is -0.000000286. The molecular formula is C14H20FeN8O4-4. The van der Waals surface area contributed by atoms with Crippen molar-refractivity contribution in [1.82, 2.24) is 19.9 Å². The van der Waals surface area contributed by atoms with Gasteiger partial charge in [0, 0.05) is 64.7 Å². The summed E-state index contributed by atoms with van der Waals surface area (Å²) in [5.74, 6) is 0. The van der Waals surface area contributed by atoms with Crippen molar-refractivity contribution in [2.45, 2.75) is 27.7 Å². The van der Waals surface area contributed by atoms with E-state index in [2.05, 4.69) is 40.6 Å². The summed E-state index contributed by atoms with van der Waals surface area (Å²) in [7, 11) is 0.